The van der Waals surface area contributed by atoms with Crippen molar-refractivity contribution < 1.29 is 42.7 Å². The van der Waals surface area contributed by atoms with Crippen molar-refractivity contribution >= 4 is 19.8 Å². The minimum atomic E-state index is -4.41. The van der Waals surface area contributed by atoms with E-state index in [0.717, 1.165) is 70.6 Å². The molecule has 0 aromatic heterocycles. The average Bonchev–Trinajstić information content (AvgIpc) is 3.12. The van der Waals surface area contributed by atoms with Crippen molar-refractivity contribution in [3.8, 4) is 0 Å². The Morgan fingerprint density at radius 1 is 0.692 bits per heavy atom. The van der Waals surface area contributed by atoms with Gasteiger partial charge in [0, 0.05) is 19.4 Å². The van der Waals surface area contributed by atoms with E-state index in [1.807, 2.05) is 18.2 Å². The third-order valence-electron chi connectivity index (χ3n) is 7.68. The van der Waals surface area contributed by atoms with E-state index in [-0.39, 0.29) is 32.6 Å². The minimum Gasteiger partial charge on any atom is -0.462 e. The SMILES string of the molecule is CC/C=C/C/C=C/C=C/C(O)CCCCCCCC(=O)OC[C@H](COP(=O)(O)OCCN)OC(=O)CCCC/C=C\C/C=C\C/C=C\CCCCC. The highest BCUT2D eigenvalue weighted by Crippen LogP contribution is 2.43. The lowest BCUT2D eigenvalue weighted by atomic mass is 10.1. The molecule has 0 aromatic carbocycles. The molecule has 0 saturated carbocycles. The summed E-state index contributed by atoms with van der Waals surface area (Å²) in [6, 6.07) is 0. The molecule has 0 aliphatic carbocycles. The van der Waals surface area contributed by atoms with E-state index in [0.29, 0.717) is 19.3 Å². The average molecular weight is 752 g/mol. The van der Waals surface area contributed by atoms with Crippen LogP contribution in [-0.4, -0.2) is 60.5 Å². The maximum atomic E-state index is 12.5. The molecule has 0 radical (unpaired) electrons. The number of allylic oxidation sites excluding steroid dienone is 11. The molecule has 4 N–H and O–H groups in total. The molecule has 52 heavy (non-hydrogen) atoms. The zero-order valence-corrected chi connectivity index (χ0v) is 33.0. The summed E-state index contributed by atoms with van der Waals surface area (Å²) in [5, 5.41) is 10.1. The Morgan fingerprint density at radius 3 is 1.98 bits per heavy atom. The molecule has 11 heteroatoms. The van der Waals surface area contributed by atoms with Gasteiger partial charge in [-0.15, -0.1) is 0 Å². The van der Waals surface area contributed by atoms with Crippen molar-refractivity contribution in [2.45, 2.75) is 148 Å². The van der Waals surface area contributed by atoms with Gasteiger partial charge >= 0.3 is 19.8 Å². The minimum absolute atomic E-state index is 0.0292. The van der Waals surface area contributed by atoms with Gasteiger partial charge in [-0.2, -0.15) is 0 Å². The van der Waals surface area contributed by atoms with Gasteiger partial charge in [0.2, 0.25) is 0 Å². The monoisotopic (exact) mass is 751 g/mol. The standard InChI is InChI=1S/C41H70NO9P/c1-3-5-7-9-11-12-13-14-15-16-17-18-20-24-29-33-41(45)51-39(37-50-52(46,47)49-35-34-42)36-48-40(44)32-28-25-21-23-27-31-38(43)30-26-22-19-10-8-6-4-2/h6,8,11-12,14-15,17-19,22,26,30,38-39,43H,3-5,7,9-10,13,16,20-21,23-25,27-29,31-37,42H2,1-2H3,(H,46,47)/b8-6+,12-11-,15-14-,18-17-,22-19+,30-26+/t38?,39-/m1/s1. The summed E-state index contributed by atoms with van der Waals surface area (Å²) < 4.78 is 32.6. The molecule has 2 unspecified atom stereocenters. The van der Waals surface area contributed by atoms with Crippen molar-refractivity contribution in [3.05, 3.63) is 72.9 Å². The van der Waals surface area contributed by atoms with E-state index in [1.54, 1.807) is 6.08 Å². The van der Waals surface area contributed by atoms with Crippen LogP contribution >= 0.6 is 7.82 Å². The summed E-state index contributed by atoms with van der Waals surface area (Å²) in [4.78, 5) is 34.7. The zero-order valence-electron chi connectivity index (χ0n) is 32.1. The number of nitrogens with two attached hydrogens (primary N) is 1. The molecule has 0 amide bonds. The number of hydrogen-bond acceptors (Lipinski definition) is 9. The van der Waals surface area contributed by atoms with Crippen LogP contribution in [0.15, 0.2) is 72.9 Å². The Morgan fingerprint density at radius 2 is 1.29 bits per heavy atom. The van der Waals surface area contributed by atoms with Crippen LogP contribution < -0.4 is 5.73 Å². The largest absolute Gasteiger partial charge is 0.472 e. The third kappa shape index (κ3) is 35.8. The van der Waals surface area contributed by atoms with E-state index in [1.165, 1.54) is 19.3 Å². The van der Waals surface area contributed by atoms with E-state index in [2.05, 4.69) is 62.5 Å². The topological polar surface area (TPSA) is 155 Å². The van der Waals surface area contributed by atoms with Gasteiger partial charge in [0.1, 0.15) is 6.61 Å². The van der Waals surface area contributed by atoms with Crippen LogP contribution in [0.4, 0.5) is 0 Å². The second kappa shape index (κ2) is 36.8. The highest BCUT2D eigenvalue weighted by Gasteiger charge is 2.25. The molecule has 0 saturated heterocycles. The van der Waals surface area contributed by atoms with Crippen molar-refractivity contribution in [2.24, 2.45) is 5.73 Å². The Balaban J connectivity index is 4.39. The Bertz CT molecular complexity index is 1100. The van der Waals surface area contributed by atoms with Crippen LogP contribution in [0, 0.1) is 0 Å². The lowest BCUT2D eigenvalue weighted by Gasteiger charge is -2.19. The summed E-state index contributed by atoms with van der Waals surface area (Å²) in [5.41, 5.74) is 5.32. The van der Waals surface area contributed by atoms with Crippen LogP contribution in [0.1, 0.15) is 136 Å². The number of phosphoric acid groups is 1. The maximum Gasteiger partial charge on any atom is 0.472 e. The Hall–Kier alpha value is -2.59. The number of phosphoric ester groups is 1. The lowest BCUT2D eigenvalue weighted by Crippen LogP contribution is -2.29. The molecule has 0 aromatic rings. The van der Waals surface area contributed by atoms with Crippen LogP contribution in [0.5, 0.6) is 0 Å². The van der Waals surface area contributed by atoms with Crippen molar-refractivity contribution in [3.63, 3.8) is 0 Å². The predicted octanol–water partition coefficient (Wildman–Crippen LogP) is 9.68. The first-order valence-corrected chi connectivity index (χ1v) is 21.0. The molecule has 0 heterocycles. The van der Waals surface area contributed by atoms with Gasteiger partial charge in [-0.25, -0.2) is 4.57 Å². The summed E-state index contributed by atoms with van der Waals surface area (Å²) in [6.07, 6.45) is 39.6. The summed E-state index contributed by atoms with van der Waals surface area (Å²) in [6.45, 7) is 3.38. The summed E-state index contributed by atoms with van der Waals surface area (Å²) in [7, 11) is -4.41. The Kier molecular flexibility index (Phi) is 34.9. The first kappa shape index (κ1) is 49.4. The quantitative estimate of drug-likeness (QED) is 0.0187. The molecular formula is C41H70NO9P. The predicted molar refractivity (Wildman–Crippen MR) is 212 cm³/mol. The summed E-state index contributed by atoms with van der Waals surface area (Å²) in [5.74, 6) is -0.959. The van der Waals surface area contributed by atoms with Crippen molar-refractivity contribution in [1.82, 2.24) is 0 Å². The summed E-state index contributed by atoms with van der Waals surface area (Å²) >= 11 is 0. The first-order chi connectivity index (χ1) is 25.2. The van der Waals surface area contributed by atoms with Crippen LogP contribution in [0.25, 0.3) is 0 Å². The number of aliphatic hydroxyl groups excluding tert-OH is 1. The number of carbonyl (C=O) groups excluding carboxylic acids is 2. The van der Waals surface area contributed by atoms with Crippen molar-refractivity contribution in [1.29, 1.82) is 0 Å². The zero-order chi connectivity index (χ0) is 38.4. The number of aliphatic hydroxyl groups is 1. The van der Waals surface area contributed by atoms with Gasteiger partial charge in [-0.05, 0) is 70.6 Å². The number of unbranched alkanes of at least 4 members (excludes halogenated alkanes) is 9. The number of carbonyl (C=O) groups is 2. The normalized spacial score (nSPS) is 14.8. The Labute approximate surface area is 314 Å². The van der Waals surface area contributed by atoms with Gasteiger partial charge in [0.25, 0.3) is 0 Å². The third-order valence-corrected chi connectivity index (χ3v) is 8.66. The maximum absolute atomic E-state index is 12.5. The van der Waals surface area contributed by atoms with E-state index >= 15 is 0 Å². The molecule has 3 atom stereocenters. The smallest absolute Gasteiger partial charge is 0.462 e. The number of esters is 2. The van der Waals surface area contributed by atoms with E-state index in [9.17, 15) is 24.2 Å². The molecule has 0 rings (SSSR count). The highest BCUT2D eigenvalue weighted by atomic mass is 31.2. The van der Waals surface area contributed by atoms with Gasteiger partial charge in [0.05, 0.1) is 19.3 Å². The van der Waals surface area contributed by atoms with Gasteiger partial charge < -0.3 is 25.2 Å². The van der Waals surface area contributed by atoms with Crippen LogP contribution in [0.3, 0.4) is 0 Å². The molecule has 298 valence electrons. The number of rotatable bonds is 35. The molecule has 0 aliphatic heterocycles. The second-order valence-electron chi connectivity index (χ2n) is 12.6. The fourth-order valence-corrected chi connectivity index (χ4v) is 5.53. The number of ether oxygens (including phenoxy) is 2. The van der Waals surface area contributed by atoms with Crippen LogP contribution in [-0.2, 0) is 32.7 Å². The molecule has 0 aliphatic rings. The molecule has 0 spiro atoms. The van der Waals surface area contributed by atoms with Crippen molar-refractivity contribution in [2.75, 3.05) is 26.4 Å². The van der Waals surface area contributed by atoms with E-state index < -0.39 is 38.6 Å². The van der Waals surface area contributed by atoms with Gasteiger partial charge in [-0.1, -0.05) is 125 Å². The fraction of sp³-hybridized carbons (Fsp3) is 0.659. The first-order valence-electron chi connectivity index (χ1n) is 19.5. The van der Waals surface area contributed by atoms with Gasteiger partial charge in [-0.3, -0.25) is 18.6 Å². The second-order valence-corrected chi connectivity index (χ2v) is 14.1. The molecule has 0 bridgehead atoms. The molecular weight excluding hydrogens is 681 g/mol. The number of hydrogen-bond donors (Lipinski definition) is 3. The van der Waals surface area contributed by atoms with Gasteiger partial charge in [0.15, 0.2) is 6.10 Å². The van der Waals surface area contributed by atoms with Crippen LogP contribution in [0.2, 0.25) is 0 Å². The van der Waals surface area contributed by atoms with E-state index in [4.69, 9.17) is 24.3 Å². The molecule has 10 nitrogen and oxygen atoms in total. The molecule has 0 fully saturated rings. The highest BCUT2D eigenvalue weighted by molar-refractivity contribution is 7.47. The lowest BCUT2D eigenvalue weighted by molar-refractivity contribution is -0.161. The fourth-order valence-electron chi connectivity index (χ4n) is 4.76.